The van der Waals surface area contributed by atoms with Gasteiger partial charge < -0.3 is 10.6 Å². The van der Waals surface area contributed by atoms with E-state index in [9.17, 15) is 4.79 Å². The maximum atomic E-state index is 11.0. The van der Waals surface area contributed by atoms with Crippen molar-refractivity contribution < 1.29 is 9.63 Å². The van der Waals surface area contributed by atoms with Gasteiger partial charge in [-0.2, -0.15) is 5.48 Å². The van der Waals surface area contributed by atoms with E-state index < -0.39 is 0 Å². The topological polar surface area (TPSA) is 64.3 Å². The molecule has 0 aromatic carbocycles. The number of hydrogen-bond donors (Lipinski definition) is 2. The van der Waals surface area contributed by atoms with Gasteiger partial charge >= 0.3 is 5.97 Å². The molecule has 0 aromatic rings. The van der Waals surface area contributed by atoms with Crippen molar-refractivity contribution >= 4 is 30.8 Å². The van der Waals surface area contributed by atoms with Crippen molar-refractivity contribution in [1.29, 1.82) is 0 Å². The van der Waals surface area contributed by atoms with Gasteiger partial charge in [-0.3, -0.25) is 4.79 Å². The number of nitrogens with one attached hydrogen (secondary N) is 1. The van der Waals surface area contributed by atoms with Gasteiger partial charge in [-0.1, -0.05) is 19.8 Å². The minimum Gasteiger partial charge on any atom is -0.371 e. The highest BCUT2D eigenvalue weighted by Gasteiger charge is 2.00. The molecular weight excluding hydrogens is 239 g/mol. The Morgan fingerprint density at radius 2 is 1.93 bits per heavy atom. The number of carbonyl (C=O) groups is 1. The lowest BCUT2D eigenvalue weighted by molar-refractivity contribution is -0.151. The average Bonchev–Trinajstić information content (AvgIpc) is 2.13. The standard InChI is InChI=1S/C9H20N2O2.2ClH/c1-2-3-4-6-9(12)13-11-8-5-7-10;;/h11H,2-8,10H2,1H3;2*1H. The predicted octanol–water partition coefficient (Wildman–Crippen LogP) is 1.81. The quantitative estimate of drug-likeness (QED) is 0.516. The van der Waals surface area contributed by atoms with Crippen LogP contribution in [-0.2, 0) is 9.63 Å². The van der Waals surface area contributed by atoms with Crippen LogP contribution in [0.3, 0.4) is 0 Å². The van der Waals surface area contributed by atoms with Crippen molar-refractivity contribution in [2.75, 3.05) is 13.1 Å². The third kappa shape index (κ3) is 16.6. The van der Waals surface area contributed by atoms with Crippen LogP contribution < -0.4 is 11.2 Å². The van der Waals surface area contributed by atoms with Crippen LogP contribution in [0.1, 0.15) is 39.0 Å². The summed E-state index contributed by atoms with van der Waals surface area (Å²) < 4.78 is 0. The Hall–Kier alpha value is -0.0300. The Morgan fingerprint density at radius 1 is 1.27 bits per heavy atom. The summed E-state index contributed by atoms with van der Waals surface area (Å²) in [6, 6.07) is 0. The number of carbonyl (C=O) groups excluding carboxylic acids is 1. The van der Waals surface area contributed by atoms with Gasteiger partial charge in [0.1, 0.15) is 0 Å². The Kier molecular flexibility index (Phi) is 22.3. The number of hydrogen-bond acceptors (Lipinski definition) is 4. The molecule has 0 bridgehead atoms. The zero-order valence-electron chi connectivity index (χ0n) is 9.16. The highest BCUT2D eigenvalue weighted by atomic mass is 35.5. The maximum Gasteiger partial charge on any atom is 0.324 e. The van der Waals surface area contributed by atoms with Crippen LogP contribution in [-0.4, -0.2) is 19.1 Å². The van der Waals surface area contributed by atoms with E-state index in [1.165, 1.54) is 0 Å². The molecule has 0 rings (SSSR count). The second kappa shape index (κ2) is 16.4. The molecule has 0 spiro atoms. The van der Waals surface area contributed by atoms with E-state index in [0.29, 0.717) is 19.5 Å². The SMILES string of the molecule is CCCCCC(=O)ONCCCN.Cl.Cl. The van der Waals surface area contributed by atoms with Crippen molar-refractivity contribution in [3.63, 3.8) is 0 Å². The first-order valence-corrected chi connectivity index (χ1v) is 4.93. The van der Waals surface area contributed by atoms with Crippen molar-refractivity contribution in [2.24, 2.45) is 5.73 Å². The van der Waals surface area contributed by atoms with Gasteiger partial charge in [-0.25, -0.2) is 0 Å². The monoisotopic (exact) mass is 260 g/mol. The minimum atomic E-state index is -0.175. The summed E-state index contributed by atoms with van der Waals surface area (Å²) in [5.74, 6) is -0.175. The largest absolute Gasteiger partial charge is 0.371 e. The second-order valence-electron chi connectivity index (χ2n) is 2.97. The van der Waals surface area contributed by atoms with E-state index in [4.69, 9.17) is 10.6 Å². The minimum absolute atomic E-state index is 0. The van der Waals surface area contributed by atoms with Gasteiger partial charge in [0.25, 0.3) is 0 Å². The van der Waals surface area contributed by atoms with E-state index in [0.717, 1.165) is 25.7 Å². The van der Waals surface area contributed by atoms with Gasteiger partial charge in [0.15, 0.2) is 0 Å². The lowest BCUT2D eigenvalue weighted by atomic mass is 10.2. The van der Waals surface area contributed by atoms with Crippen LogP contribution in [0.4, 0.5) is 0 Å². The van der Waals surface area contributed by atoms with E-state index >= 15 is 0 Å². The lowest BCUT2D eigenvalue weighted by Gasteiger charge is -2.04. The van der Waals surface area contributed by atoms with Gasteiger partial charge in [-0.15, -0.1) is 24.8 Å². The average molecular weight is 261 g/mol. The smallest absolute Gasteiger partial charge is 0.324 e. The summed E-state index contributed by atoms with van der Waals surface area (Å²) in [5.41, 5.74) is 7.85. The highest BCUT2D eigenvalue weighted by molar-refractivity contribution is 5.85. The Labute approximate surface area is 104 Å². The Morgan fingerprint density at radius 3 is 2.47 bits per heavy atom. The van der Waals surface area contributed by atoms with Gasteiger partial charge in [0, 0.05) is 13.0 Å². The number of rotatable bonds is 8. The Bertz CT molecular complexity index is 137. The molecule has 6 heteroatoms. The molecule has 0 aromatic heterocycles. The highest BCUT2D eigenvalue weighted by Crippen LogP contribution is 1.99. The fourth-order valence-electron chi connectivity index (χ4n) is 0.876. The maximum absolute atomic E-state index is 11.0. The molecule has 94 valence electrons. The summed E-state index contributed by atoms with van der Waals surface area (Å²) in [7, 11) is 0. The van der Waals surface area contributed by atoms with Crippen molar-refractivity contribution in [3.8, 4) is 0 Å². The lowest BCUT2D eigenvalue weighted by Crippen LogP contribution is -2.22. The number of unbranched alkanes of at least 4 members (excludes halogenated alkanes) is 2. The van der Waals surface area contributed by atoms with Crippen molar-refractivity contribution in [1.82, 2.24) is 5.48 Å². The molecule has 0 saturated heterocycles. The fraction of sp³-hybridized carbons (Fsp3) is 0.889. The molecule has 0 aliphatic carbocycles. The molecular formula is C9H22Cl2N2O2. The molecule has 0 radical (unpaired) electrons. The molecule has 0 saturated carbocycles. The number of halogens is 2. The summed E-state index contributed by atoms with van der Waals surface area (Å²) in [6.45, 7) is 3.35. The predicted molar refractivity (Wildman–Crippen MR) is 66.4 cm³/mol. The molecule has 0 fully saturated rings. The van der Waals surface area contributed by atoms with Crippen LogP contribution in [0.25, 0.3) is 0 Å². The van der Waals surface area contributed by atoms with Crippen LogP contribution in [0.2, 0.25) is 0 Å². The van der Waals surface area contributed by atoms with Gasteiger partial charge in [-0.05, 0) is 19.4 Å². The normalized spacial score (nSPS) is 8.67. The van der Waals surface area contributed by atoms with Gasteiger partial charge in [0.2, 0.25) is 0 Å². The zero-order valence-corrected chi connectivity index (χ0v) is 10.8. The molecule has 0 aliphatic rings. The van der Waals surface area contributed by atoms with E-state index in [-0.39, 0.29) is 30.8 Å². The van der Waals surface area contributed by atoms with E-state index in [1.54, 1.807) is 0 Å². The van der Waals surface area contributed by atoms with Gasteiger partial charge in [0.05, 0.1) is 0 Å². The first-order valence-electron chi connectivity index (χ1n) is 4.93. The molecule has 4 nitrogen and oxygen atoms in total. The fourth-order valence-corrected chi connectivity index (χ4v) is 0.876. The van der Waals surface area contributed by atoms with E-state index in [2.05, 4.69) is 12.4 Å². The number of nitrogens with two attached hydrogens (primary N) is 1. The summed E-state index contributed by atoms with van der Waals surface area (Å²) in [6.07, 6.45) is 4.44. The zero-order chi connectivity index (χ0) is 9.94. The van der Waals surface area contributed by atoms with Crippen LogP contribution in [0.15, 0.2) is 0 Å². The Balaban J connectivity index is -0.000000720. The molecule has 3 N–H and O–H groups in total. The molecule has 0 unspecified atom stereocenters. The van der Waals surface area contributed by atoms with E-state index in [1.807, 2.05) is 0 Å². The van der Waals surface area contributed by atoms with Crippen molar-refractivity contribution in [2.45, 2.75) is 39.0 Å². The molecule has 0 atom stereocenters. The van der Waals surface area contributed by atoms with Crippen LogP contribution in [0, 0.1) is 0 Å². The summed E-state index contributed by atoms with van der Waals surface area (Å²) in [4.78, 5) is 15.7. The first kappa shape index (κ1) is 20.4. The second-order valence-corrected chi connectivity index (χ2v) is 2.97. The van der Waals surface area contributed by atoms with Crippen molar-refractivity contribution in [3.05, 3.63) is 0 Å². The summed E-state index contributed by atoms with van der Waals surface area (Å²) >= 11 is 0. The molecule has 0 heterocycles. The summed E-state index contributed by atoms with van der Waals surface area (Å²) in [5, 5.41) is 0. The molecule has 15 heavy (non-hydrogen) atoms. The van der Waals surface area contributed by atoms with Crippen LogP contribution in [0.5, 0.6) is 0 Å². The first-order chi connectivity index (χ1) is 6.31. The molecule has 0 aliphatic heterocycles. The third-order valence-corrected chi connectivity index (χ3v) is 1.65. The van der Waals surface area contributed by atoms with Crippen LogP contribution >= 0.6 is 24.8 Å². The number of hydroxylamine groups is 1. The third-order valence-electron chi connectivity index (χ3n) is 1.65. The molecule has 0 amide bonds.